The van der Waals surface area contributed by atoms with Gasteiger partial charge in [0.05, 0.1) is 5.69 Å². The van der Waals surface area contributed by atoms with Crippen molar-refractivity contribution < 1.29 is 0 Å². The van der Waals surface area contributed by atoms with E-state index in [4.69, 9.17) is 4.98 Å². The minimum Gasteiger partial charge on any atom is -0.346 e. The van der Waals surface area contributed by atoms with E-state index in [0.29, 0.717) is 0 Å². The van der Waals surface area contributed by atoms with Gasteiger partial charge in [0.15, 0.2) is 5.13 Å². The molecule has 0 amide bonds. The lowest BCUT2D eigenvalue weighted by molar-refractivity contribution is 0.271. The molecule has 0 atom stereocenters. The lowest BCUT2D eigenvalue weighted by atomic mass is 10.1. The summed E-state index contributed by atoms with van der Waals surface area (Å²) in [7, 11) is 0. The van der Waals surface area contributed by atoms with E-state index in [0.717, 1.165) is 39.3 Å². The topological polar surface area (TPSA) is 31.4 Å². The van der Waals surface area contributed by atoms with Crippen molar-refractivity contribution in [3.8, 4) is 0 Å². The average Bonchev–Trinajstić information content (AvgIpc) is 2.77. The van der Waals surface area contributed by atoms with E-state index >= 15 is 0 Å². The van der Waals surface area contributed by atoms with Crippen LogP contribution in [0.2, 0.25) is 0 Å². The van der Waals surface area contributed by atoms with Crippen LogP contribution in [0.25, 0.3) is 0 Å². The van der Waals surface area contributed by atoms with Crippen molar-refractivity contribution in [2.45, 2.75) is 46.7 Å². The minimum absolute atomic E-state index is 0.156. The number of piperazine rings is 1. The third-order valence-corrected chi connectivity index (χ3v) is 4.97. The summed E-state index contributed by atoms with van der Waals surface area (Å²) in [5.74, 6) is 0. The van der Waals surface area contributed by atoms with Crippen LogP contribution in [-0.4, -0.2) is 48.1 Å². The summed E-state index contributed by atoms with van der Waals surface area (Å²) in [6.07, 6.45) is 0. The van der Waals surface area contributed by atoms with E-state index in [1.54, 1.807) is 0 Å². The summed E-state index contributed by atoms with van der Waals surface area (Å²) in [4.78, 5) is 11.1. The molecule has 0 unspecified atom stereocenters. The molecule has 2 heterocycles. The fraction of sp³-hybridized carbons (Fsp3) is 0.800. The summed E-state index contributed by atoms with van der Waals surface area (Å²) < 4.78 is 0. The van der Waals surface area contributed by atoms with Crippen LogP contribution in [0.15, 0.2) is 0 Å². The molecule has 1 aliphatic heterocycles. The van der Waals surface area contributed by atoms with Gasteiger partial charge in [-0.05, 0) is 34.2 Å². The molecule has 4 nitrogen and oxygen atoms in total. The minimum atomic E-state index is 0.156. The van der Waals surface area contributed by atoms with E-state index in [1.807, 2.05) is 11.3 Å². The molecule has 20 heavy (non-hydrogen) atoms. The Labute approximate surface area is 127 Å². The number of anilines is 1. The van der Waals surface area contributed by atoms with Gasteiger partial charge in [-0.25, -0.2) is 4.98 Å². The summed E-state index contributed by atoms with van der Waals surface area (Å²) in [6.45, 7) is 17.6. The van der Waals surface area contributed by atoms with Gasteiger partial charge in [-0.3, -0.25) is 0 Å². The molecule has 1 aromatic heterocycles. The summed E-state index contributed by atoms with van der Waals surface area (Å²) in [5.41, 5.74) is 1.34. The molecule has 2 rings (SSSR count). The van der Waals surface area contributed by atoms with Gasteiger partial charge in [-0.1, -0.05) is 6.92 Å². The summed E-state index contributed by atoms with van der Waals surface area (Å²) in [5, 5.41) is 4.75. The molecular weight excluding hydrogens is 268 g/mol. The molecule has 1 N–H and O–H groups in total. The van der Waals surface area contributed by atoms with Gasteiger partial charge < -0.3 is 15.1 Å². The molecule has 1 saturated heterocycles. The maximum Gasteiger partial charge on any atom is 0.185 e. The van der Waals surface area contributed by atoms with Gasteiger partial charge in [0, 0.05) is 43.1 Å². The molecule has 1 aliphatic rings. The third kappa shape index (κ3) is 4.17. The smallest absolute Gasteiger partial charge is 0.185 e. The fourth-order valence-electron chi connectivity index (χ4n) is 2.31. The van der Waals surface area contributed by atoms with Crippen LogP contribution < -0.4 is 10.2 Å². The van der Waals surface area contributed by atoms with Crippen molar-refractivity contribution in [1.82, 2.24) is 15.2 Å². The maximum absolute atomic E-state index is 4.77. The van der Waals surface area contributed by atoms with Crippen molar-refractivity contribution in [3.63, 3.8) is 0 Å². The molecule has 1 aromatic rings. The Bertz CT molecular complexity index is 428. The quantitative estimate of drug-likeness (QED) is 0.925. The van der Waals surface area contributed by atoms with Crippen molar-refractivity contribution >= 4 is 16.5 Å². The molecule has 0 aliphatic carbocycles. The highest BCUT2D eigenvalue weighted by molar-refractivity contribution is 7.15. The number of aromatic nitrogens is 1. The SMILES string of the molecule is CCN1CCN(c2nc(C)c(CNC(C)(C)C)s2)CC1. The molecule has 0 bridgehead atoms. The zero-order valence-corrected chi connectivity index (χ0v) is 14.3. The maximum atomic E-state index is 4.77. The van der Waals surface area contributed by atoms with Gasteiger partial charge >= 0.3 is 0 Å². The van der Waals surface area contributed by atoms with Crippen molar-refractivity contribution in [1.29, 1.82) is 0 Å². The molecular formula is C15H28N4S. The first-order valence-corrected chi connectivity index (χ1v) is 8.39. The zero-order chi connectivity index (χ0) is 14.8. The Morgan fingerprint density at radius 2 is 1.85 bits per heavy atom. The van der Waals surface area contributed by atoms with E-state index in [2.05, 4.69) is 49.7 Å². The molecule has 0 saturated carbocycles. The molecule has 114 valence electrons. The number of likely N-dealkylation sites (N-methyl/N-ethyl adjacent to an activating group) is 1. The molecule has 0 aromatic carbocycles. The molecule has 0 radical (unpaired) electrons. The van der Waals surface area contributed by atoms with E-state index < -0.39 is 0 Å². The number of nitrogens with zero attached hydrogens (tertiary/aromatic N) is 3. The van der Waals surface area contributed by atoms with Crippen LogP contribution >= 0.6 is 11.3 Å². The lowest BCUT2D eigenvalue weighted by Gasteiger charge is -2.33. The van der Waals surface area contributed by atoms with Crippen LogP contribution in [0.1, 0.15) is 38.3 Å². The normalized spacial score (nSPS) is 17.8. The first-order chi connectivity index (χ1) is 9.39. The Balaban J connectivity index is 1.97. The second-order valence-corrected chi connectivity index (χ2v) is 7.59. The van der Waals surface area contributed by atoms with Crippen LogP contribution in [0.4, 0.5) is 5.13 Å². The Morgan fingerprint density at radius 1 is 1.20 bits per heavy atom. The number of rotatable bonds is 4. The van der Waals surface area contributed by atoms with Gasteiger partial charge in [0.25, 0.3) is 0 Å². The molecule has 0 spiro atoms. The second-order valence-electron chi connectivity index (χ2n) is 6.53. The predicted molar refractivity (Wildman–Crippen MR) is 87.8 cm³/mol. The van der Waals surface area contributed by atoms with Crippen molar-refractivity contribution in [2.75, 3.05) is 37.6 Å². The van der Waals surface area contributed by atoms with E-state index in [1.165, 1.54) is 15.7 Å². The molecule has 5 heteroatoms. The Kier molecular flexibility index (Phi) is 5.04. The van der Waals surface area contributed by atoms with Crippen molar-refractivity contribution in [3.05, 3.63) is 10.6 Å². The summed E-state index contributed by atoms with van der Waals surface area (Å²) in [6, 6.07) is 0. The number of hydrogen-bond acceptors (Lipinski definition) is 5. The van der Waals surface area contributed by atoms with E-state index in [-0.39, 0.29) is 5.54 Å². The molecule has 1 fully saturated rings. The van der Waals surface area contributed by atoms with Gasteiger partial charge in [0.1, 0.15) is 0 Å². The zero-order valence-electron chi connectivity index (χ0n) is 13.5. The van der Waals surface area contributed by atoms with Crippen LogP contribution in [0.5, 0.6) is 0 Å². The third-order valence-electron chi connectivity index (χ3n) is 3.75. The first kappa shape index (κ1) is 15.7. The van der Waals surface area contributed by atoms with E-state index in [9.17, 15) is 0 Å². The highest BCUT2D eigenvalue weighted by Gasteiger charge is 2.20. The highest BCUT2D eigenvalue weighted by Crippen LogP contribution is 2.27. The number of hydrogen-bond donors (Lipinski definition) is 1. The monoisotopic (exact) mass is 296 g/mol. The van der Waals surface area contributed by atoms with Gasteiger partial charge in [0.2, 0.25) is 0 Å². The van der Waals surface area contributed by atoms with Gasteiger partial charge in [-0.15, -0.1) is 11.3 Å². The average molecular weight is 296 g/mol. The highest BCUT2D eigenvalue weighted by atomic mass is 32.1. The standard InChI is InChI=1S/C15H28N4S/c1-6-18-7-9-19(10-8-18)14-17-12(2)13(20-14)11-16-15(3,4)5/h16H,6-11H2,1-5H3. The van der Waals surface area contributed by atoms with Gasteiger partial charge in [-0.2, -0.15) is 0 Å². The van der Waals surface area contributed by atoms with Crippen molar-refractivity contribution in [2.24, 2.45) is 0 Å². The Morgan fingerprint density at radius 3 is 2.40 bits per heavy atom. The lowest BCUT2D eigenvalue weighted by Crippen LogP contribution is -2.46. The Hall–Kier alpha value is -0.650. The fourth-order valence-corrected chi connectivity index (χ4v) is 3.37. The van der Waals surface area contributed by atoms with Crippen LogP contribution in [-0.2, 0) is 6.54 Å². The largest absolute Gasteiger partial charge is 0.346 e. The summed E-state index contributed by atoms with van der Waals surface area (Å²) >= 11 is 1.85. The number of thiazole rings is 1. The number of nitrogens with one attached hydrogen (secondary N) is 1. The van der Waals surface area contributed by atoms with Crippen LogP contribution in [0, 0.1) is 6.92 Å². The number of aryl methyl sites for hydroxylation is 1. The first-order valence-electron chi connectivity index (χ1n) is 7.57. The van der Waals surface area contributed by atoms with Crippen LogP contribution in [0.3, 0.4) is 0 Å². The predicted octanol–water partition coefficient (Wildman–Crippen LogP) is 2.48. The second kappa shape index (κ2) is 6.41.